The average Bonchev–Trinajstić information content (AvgIpc) is 3.07. The quantitative estimate of drug-likeness (QED) is 0.792. The molecule has 7 heteroatoms. The highest BCUT2D eigenvalue weighted by Gasteiger charge is 2.17. The predicted octanol–water partition coefficient (Wildman–Crippen LogP) is 1.90. The average molecular weight is 285 g/mol. The van der Waals surface area contributed by atoms with E-state index in [0.29, 0.717) is 5.78 Å². The van der Waals surface area contributed by atoms with Crippen LogP contribution in [0.1, 0.15) is 37.0 Å². The smallest absolute Gasteiger partial charge is 0.254 e. The molecule has 3 heterocycles. The molecule has 0 radical (unpaired) electrons. The summed E-state index contributed by atoms with van der Waals surface area (Å²) in [6.45, 7) is 6.20. The Hall–Kier alpha value is -2.44. The molecule has 1 atom stereocenters. The van der Waals surface area contributed by atoms with Gasteiger partial charge in [-0.25, -0.2) is 9.97 Å². The minimum absolute atomic E-state index is 0.0597. The third kappa shape index (κ3) is 2.24. The van der Waals surface area contributed by atoms with Crippen LogP contribution >= 0.6 is 0 Å². The van der Waals surface area contributed by atoms with E-state index in [1.54, 1.807) is 10.7 Å². The van der Waals surface area contributed by atoms with Crippen LogP contribution in [0.3, 0.4) is 0 Å². The SMILES string of the molecule is CCc1c(C)nc2ncnn2c1NC(C)c1nccn1C. The zero-order chi connectivity index (χ0) is 15.0. The molecule has 0 aliphatic carbocycles. The lowest BCUT2D eigenvalue weighted by Gasteiger charge is -2.19. The number of imidazole rings is 1. The Balaban J connectivity index is 2.07. The molecule has 110 valence electrons. The summed E-state index contributed by atoms with van der Waals surface area (Å²) in [5.74, 6) is 2.52. The Labute approximate surface area is 123 Å². The zero-order valence-corrected chi connectivity index (χ0v) is 12.7. The Morgan fingerprint density at radius 3 is 2.81 bits per heavy atom. The fourth-order valence-electron chi connectivity index (χ4n) is 2.62. The fraction of sp³-hybridized carbons (Fsp3) is 0.429. The van der Waals surface area contributed by atoms with E-state index in [1.807, 2.05) is 24.7 Å². The second-order valence-electron chi connectivity index (χ2n) is 5.11. The lowest BCUT2D eigenvalue weighted by molar-refractivity contribution is 0.710. The molecule has 21 heavy (non-hydrogen) atoms. The predicted molar refractivity (Wildman–Crippen MR) is 80.1 cm³/mol. The Bertz CT molecular complexity index is 771. The van der Waals surface area contributed by atoms with Crippen molar-refractivity contribution in [2.75, 3.05) is 5.32 Å². The van der Waals surface area contributed by atoms with Gasteiger partial charge in [0.05, 0.1) is 6.04 Å². The van der Waals surface area contributed by atoms with E-state index in [0.717, 1.165) is 29.3 Å². The van der Waals surface area contributed by atoms with Gasteiger partial charge in [0.2, 0.25) is 0 Å². The first-order chi connectivity index (χ1) is 10.1. The molecular weight excluding hydrogens is 266 g/mol. The van der Waals surface area contributed by atoms with Gasteiger partial charge in [-0.2, -0.15) is 14.6 Å². The normalized spacial score (nSPS) is 12.8. The minimum atomic E-state index is 0.0597. The van der Waals surface area contributed by atoms with Crippen LogP contribution in [0.15, 0.2) is 18.7 Å². The van der Waals surface area contributed by atoms with Gasteiger partial charge in [0, 0.05) is 30.7 Å². The highest BCUT2D eigenvalue weighted by Crippen LogP contribution is 2.24. The van der Waals surface area contributed by atoms with Crippen LogP contribution in [0, 0.1) is 6.92 Å². The van der Waals surface area contributed by atoms with Crippen LogP contribution in [-0.2, 0) is 13.5 Å². The van der Waals surface area contributed by atoms with Crippen LogP contribution < -0.4 is 5.32 Å². The molecule has 0 aliphatic rings. The van der Waals surface area contributed by atoms with Crippen LogP contribution in [0.25, 0.3) is 5.78 Å². The molecule has 0 aromatic carbocycles. The number of aromatic nitrogens is 6. The van der Waals surface area contributed by atoms with Crippen molar-refractivity contribution < 1.29 is 0 Å². The highest BCUT2D eigenvalue weighted by atomic mass is 15.4. The van der Waals surface area contributed by atoms with Gasteiger partial charge in [0.25, 0.3) is 5.78 Å². The highest BCUT2D eigenvalue weighted by molar-refractivity contribution is 5.53. The van der Waals surface area contributed by atoms with Gasteiger partial charge in [-0.15, -0.1) is 0 Å². The summed E-state index contributed by atoms with van der Waals surface area (Å²) in [5.41, 5.74) is 2.13. The van der Waals surface area contributed by atoms with E-state index in [1.165, 1.54) is 6.33 Å². The molecule has 3 aromatic heterocycles. The van der Waals surface area contributed by atoms with Gasteiger partial charge in [0.15, 0.2) is 0 Å². The Kier molecular flexibility index (Phi) is 3.32. The maximum absolute atomic E-state index is 4.48. The maximum atomic E-state index is 4.48. The first-order valence-corrected chi connectivity index (χ1v) is 7.04. The largest absolute Gasteiger partial charge is 0.360 e. The van der Waals surface area contributed by atoms with Crippen molar-refractivity contribution in [1.82, 2.24) is 29.1 Å². The van der Waals surface area contributed by atoms with Gasteiger partial charge in [-0.1, -0.05) is 6.92 Å². The van der Waals surface area contributed by atoms with E-state index in [-0.39, 0.29) is 6.04 Å². The van der Waals surface area contributed by atoms with Crippen molar-refractivity contribution in [2.24, 2.45) is 7.05 Å². The topological polar surface area (TPSA) is 72.9 Å². The molecular formula is C14H19N7. The summed E-state index contributed by atoms with van der Waals surface area (Å²) in [6.07, 6.45) is 6.15. The second-order valence-corrected chi connectivity index (χ2v) is 5.11. The van der Waals surface area contributed by atoms with Crippen molar-refractivity contribution >= 4 is 11.6 Å². The monoisotopic (exact) mass is 285 g/mol. The number of hydrogen-bond donors (Lipinski definition) is 1. The zero-order valence-electron chi connectivity index (χ0n) is 12.7. The second kappa shape index (κ2) is 5.16. The fourth-order valence-corrected chi connectivity index (χ4v) is 2.62. The van der Waals surface area contributed by atoms with Crippen molar-refractivity contribution in [1.29, 1.82) is 0 Å². The molecule has 0 saturated carbocycles. The van der Waals surface area contributed by atoms with Crippen molar-refractivity contribution in [3.63, 3.8) is 0 Å². The van der Waals surface area contributed by atoms with Crippen LogP contribution in [0.4, 0.5) is 5.82 Å². The molecule has 0 amide bonds. The summed E-state index contributed by atoms with van der Waals surface area (Å²) in [7, 11) is 1.99. The molecule has 0 fully saturated rings. The molecule has 3 rings (SSSR count). The first-order valence-electron chi connectivity index (χ1n) is 7.04. The lowest BCUT2D eigenvalue weighted by atomic mass is 10.1. The van der Waals surface area contributed by atoms with Crippen LogP contribution in [-0.4, -0.2) is 29.1 Å². The Morgan fingerprint density at radius 1 is 1.33 bits per heavy atom. The van der Waals surface area contributed by atoms with E-state index in [9.17, 15) is 0 Å². The Morgan fingerprint density at radius 2 is 2.14 bits per heavy atom. The van der Waals surface area contributed by atoms with E-state index >= 15 is 0 Å². The van der Waals surface area contributed by atoms with E-state index in [2.05, 4.69) is 39.2 Å². The minimum Gasteiger partial charge on any atom is -0.360 e. The summed E-state index contributed by atoms with van der Waals surface area (Å²) in [5, 5.41) is 7.79. The van der Waals surface area contributed by atoms with E-state index < -0.39 is 0 Å². The number of hydrogen-bond acceptors (Lipinski definition) is 5. The maximum Gasteiger partial charge on any atom is 0.254 e. The number of anilines is 1. The summed E-state index contributed by atoms with van der Waals surface area (Å²) in [4.78, 5) is 13.1. The van der Waals surface area contributed by atoms with Gasteiger partial charge in [-0.05, 0) is 20.3 Å². The van der Waals surface area contributed by atoms with Crippen molar-refractivity contribution in [3.8, 4) is 0 Å². The molecule has 0 saturated heterocycles. The lowest BCUT2D eigenvalue weighted by Crippen LogP contribution is -2.17. The third-order valence-electron chi connectivity index (χ3n) is 3.68. The molecule has 0 bridgehead atoms. The summed E-state index contributed by atoms with van der Waals surface area (Å²) in [6, 6.07) is 0.0597. The number of fused-ring (bicyclic) bond motifs is 1. The molecule has 0 spiro atoms. The number of nitrogens with zero attached hydrogens (tertiary/aromatic N) is 6. The number of aryl methyl sites for hydroxylation is 2. The van der Waals surface area contributed by atoms with Gasteiger partial charge in [0.1, 0.15) is 18.0 Å². The molecule has 1 N–H and O–H groups in total. The van der Waals surface area contributed by atoms with Crippen LogP contribution in [0.2, 0.25) is 0 Å². The summed E-state index contributed by atoms with van der Waals surface area (Å²) >= 11 is 0. The van der Waals surface area contributed by atoms with Gasteiger partial charge < -0.3 is 9.88 Å². The van der Waals surface area contributed by atoms with Crippen molar-refractivity contribution in [2.45, 2.75) is 33.2 Å². The van der Waals surface area contributed by atoms with Crippen LogP contribution in [0.5, 0.6) is 0 Å². The van der Waals surface area contributed by atoms with Crippen molar-refractivity contribution in [3.05, 3.63) is 35.8 Å². The van der Waals surface area contributed by atoms with Gasteiger partial charge >= 0.3 is 0 Å². The summed E-state index contributed by atoms with van der Waals surface area (Å²) < 4.78 is 3.77. The molecule has 1 unspecified atom stereocenters. The molecule has 0 aliphatic heterocycles. The number of rotatable bonds is 4. The first kappa shape index (κ1) is 13.5. The number of nitrogens with one attached hydrogen (secondary N) is 1. The van der Waals surface area contributed by atoms with Gasteiger partial charge in [-0.3, -0.25) is 0 Å². The third-order valence-corrected chi connectivity index (χ3v) is 3.68. The van der Waals surface area contributed by atoms with E-state index in [4.69, 9.17) is 0 Å². The molecule has 7 nitrogen and oxygen atoms in total. The standard InChI is InChI=1S/C14H19N7/c1-5-11-9(2)19-14-16-8-17-21(14)13(11)18-10(3)12-15-6-7-20(12)4/h6-8,10,18H,5H2,1-4H3. The molecule has 3 aromatic rings.